The third-order valence-electron chi connectivity index (χ3n) is 3.67. The topological polar surface area (TPSA) is 86.5 Å². The summed E-state index contributed by atoms with van der Waals surface area (Å²) in [7, 11) is 0. The smallest absolute Gasteiger partial charge is 0.277 e. The summed E-state index contributed by atoms with van der Waals surface area (Å²) in [5, 5.41) is 11.1. The van der Waals surface area contributed by atoms with Crippen LogP contribution in [0.5, 0.6) is 11.5 Å². The van der Waals surface area contributed by atoms with Gasteiger partial charge >= 0.3 is 0 Å². The van der Waals surface area contributed by atoms with Crippen LogP contribution in [-0.2, 0) is 4.79 Å². The van der Waals surface area contributed by atoms with Gasteiger partial charge in [0, 0.05) is 4.47 Å². The molecule has 2 aromatic carbocycles. The second-order valence-electron chi connectivity index (χ2n) is 5.74. The predicted octanol–water partition coefficient (Wildman–Crippen LogP) is 4.19. The Morgan fingerprint density at radius 2 is 1.83 bits per heavy atom. The third-order valence-corrected chi connectivity index (χ3v) is 5.18. The van der Waals surface area contributed by atoms with E-state index in [1.54, 1.807) is 0 Å². The van der Waals surface area contributed by atoms with Gasteiger partial charge in [-0.2, -0.15) is 0 Å². The highest BCUT2D eigenvalue weighted by Gasteiger charge is 2.13. The van der Waals surface area contributed by atoms with Crippen LogP contribution in [0, 0.1) is 0 Å². The first-order chi connectivity index (χ1) is 14.2. The van der Waals surface area contributed by atoms with E-state index in [9.17, 15) is 4.79 Å². The number of amides is 1. The van der Waals surface area contributed by atoms with Crippen molar-refractivity contribution < 1.29 is 18.7 Å². The standard InChI is InChI=1S/C20H20BrN3O4S/c1-2-26-14-7-9-15(10-8-14)27-12-11-22-18(25)13-29-20-24-23-19(28-20)16-5-3-4-6-17(16)21/h3-10H,2,11-13H2,1H3,(H,22,25). The number of nitrogens with one attached hydrogen (secondary N) is 1. The van der Waals surface area contributed by atoms with Crippen LogP contribution >= 0.6 is 27.7 Å². The molecule has 0 fully saturated rings. The van der Waals surface area contributed by atoms with Crippen molar-refractivity contribution in [2.75, 3.05) is 25.5 Å². The zero-order valence-electron chi connectivity index (χ0n) is 15.8. The molecule has 0 atom stereocenters. The Labute approximate surface area is 181 Å². The summed E-state index contributed by atoms with van der Waals surface area (Å²) in [6, 6.07) is 14.9. The van der Waals surface area contributed by atoms with Gasteiger partial charge in [0.15, 0.2) is 0 Å². The molecule has 0 spiro atoms. The van der Waals surface area contributed by atoms with E-state index in [1.165, 1.54) is 11.8 Å². The molecule has 0 bridgehead atoms. The summed E-state index contributed by atoms with van der Waals surface area (Å²) in [4.78, 5) is 12.0. The second kappa shape index (κ2) is 10.9. The minimum absolute atomic E-state index is 0.133. The Kier molecular flexibility index (Phi) is 7.94. The van der Waals surface area contributed by atoms with Crippen molar-refractivity contribution in [1.82, 2.24) is 15.5 Å². The summed E-state index contributed by atoms with van der Waals surface area (Å²) in [5.74, 6) is 1.98. The quantitative estimate of drug-likeness (QED) is 0.346. The van der Waals surface area contributed by atoms with E-state index in [2.05, 4.69) is 31.4 Å². The first kappa shape index (κ1) is 21.2. The Morgan fingerprint density at radius 1 is 1.10 bits per heavy atom. The molecule has 1 amide bonds. The fourth-order valence-electron chi connectivity index (χ4n) is 2.35. The number of thioether (sulfide) groups is 1. The number of hydrogen-bond donors (Lipinski definition) is 1. The van der Waals surface area contributed by atoms with Gasteiger partial charge in [0.05, 0.1) is 24.5 Å². The number of rotatable bonds is 10. The zero-order chi connectivity index (χ0) is 20.5. The largest absolute Gasteiger partial charge is 0.494 e. The number of aromatic nitrogens is 2. The lowest BCUT2D eigenvalue weighted by Crippen LogP contribution is -2.29. The molecule has 3 rings (SSSR count). The van der Waals surface area contributed by atoms with E-state index < -0.39 is 0 Å². The maximum absolute atomic E-state index is 12.0. The Morgan fingerprint density at radius 3 is 2.55 bits per heavy atom. The summed E-state index contributed by atoms with van der Waals surface area (Å²) in [6.45, 7) is 3.33. The minimum Gasteiger partial charge on any atom is -0.494 e. The molecule has 7 nitrogen and oxygen atoms in total. The number of benzene rings is 2. The van der Waals surface area contributed by atoms with E-state index in [-0.39, 0.29) is 11.7 Å². The van der Waals surface area contributed by atoms with Gasteiger partial charge in [0.25, 0.3) is 5.22 Å². The summed E-state index contributed by atoms with van der Waals surface area (Å²) >= 11 is 4.64. The average molecular weight is 478 g/mol. The predicted molar refractivity (Wildman–Crippen MR) is 114 cm³/mol. The van der Waals surface area contributed by atoms with Crippen molar-refractivity contribution in [1.29, 1.82) is 0 Å². The van der Waals surface area contributed by atoms with Crippen molar-refractivity contribution >= 4 is 33.6 Å². The van der Waals surface area contributed by atoms with Crippen molar-refractivity contribution in [3.05, 3.63) is 53.0 Å². The molecular formula is C20H20BrN3O4S. The molecule has 1 aromatic heterocycles. The molecule has 0 aliphatic rings. The van der Waals surface area contributed by atoms with E-state index in [1.807, 2.05) is 55.5 Å². The lowest BCUT2D eigenvalue weighted by molar-refractivity contribution is -0.118. The first-order valence-corrected chi connectivity index (χ1v) is 10.8. The molecule has 1 heterocycles. The second-order valence-corrected chi connectivity index (χ2v) is 7.53. The Hall–Kier alpha value is -2.52. The average Bonchev–Trinajstić information content (AvgIpc) is 3.20. The molecule has 9 heteroatoms. The number of nitrogens with zero attached hydrogens (tertiary/aromatic N) is 2. The van der Waals surface area contributed by atoms with Crippen molar-refractivity contribution in [3.63, 3.8) is 0 Å². The van der Waals surface area contributed by atoms with Crippen molar-refractivity contribution in [2.45, 2.75) is 12.1 Å². The first-order valence-electron chi connectivity index (χ1n) is 8.99. The lowest BCUT2D eigenvalue weighted by atomic mass is 10.2. The van der Waals surface area contributed by atoms with Gasteiger partial charge in [-0.05, 0) is 59.3 Å². The maximum Gasteiger partial charge on any atom is 0.277 e. The number of carbonyl (C=O) groups excluding carboxylic acids is 1. The molecule has 0 saturated carbocycles. The van der Waals surface area contributed by atoms with Crippen LogP contribution in [0.2, 0.25) is 0 Å². The van der Waals surface area contributed by atoms with E-state index in [4.69, 9.17) is 13.9 Å². The molecule has 29 heavy (non-hydrogen) atoms. The van der Waals surface area contributed by atoms with E-state index in [0.717, 1.165) is 21.5 Å². The third kappa shape index (κ3) is 6.50. The molecule has 0 aliphatic heterocycles. The summed E-state index contributed by atoms with van der Waals surface area (Å²) in [6.07, 6.45) is 0. The lowest BCUT2D eigenvalue weighted by Gasteiger charge is -2.08. The summed E-state index contributed by atoms with van der Waals surface area (Å²) in [5.41, 5.74) is 0.808. The van der Waals surface area contributed by atoms with Crippen LogP contribution in [0.3, 0.4) is 0 Å². The fraction of sp³-hybridized carbons (Fsp3) is 0.250. The van der Waals surface area contributed by atoms with E-state index in [0.29, 0.717) is 30.9 Å². The van der Waals surface area contributed by atoms with Crippen LogP contribution in [0.1, 0.15) is 6.92 Å². The number of ether oxygens (including phenoxy) is 2. The highest BCUT2D eigenvalue weighted by molar-refractivity contribution is 9.10. The Bertz CT molecular complexity index is 933. The highest BCUT2D eigenvalue weighted by Crippen LogP contribution is 2.28. The van der Waals surface area contributed by atoms with Crippen molar-refractivity contribution in [2.24, 2.45) is 0 Å². The van der Waals surface area contributed by atoms with Crippen LogP contribution in [0.25, 0.3) is 11.5 Å². The molecular weight excluding hydrogens is 458 g/mol. The van der Waals surface area contributed by atoms with Crippen LogP contribution in [0.4, 0.5) is 0 Å². The van der Waals surface area contributed by atoms with Gasteiger partial charge in [-0.25, -0.2) is 0 Å². The molecule has 0 radical (unpaired) electrons. The van der Waals surface area contributed by atoms with Crippen molar-refractivity contribution in [3.8, 4) is 23.0 Å². The minimum atomic E-state index is -0.133. The van der Waals surface area contributed by atoms with E-state index >= 15 is 0 Å². The van der Waals surface area contributed by atoms with Crippen LogP contribution < -0.4 is 14.8 Å². The fourth-order valence-corrected chi connectivity index (χ4v) is 3.40. The maximum atomic E-state index is 12.0. The van der Waals surface area contributed by atoms with Gasteiger partial charge in [0.2, 0.25) is 11.8 Å². The monoisotopic (exact) mass is 477 g/mol. The number of carbonyl (C=O) groups is 1. The molecule has 0 aliphatic carbocycles. The molecule has 152 valence electrons. The van der Waals surface area contributed by atoms with Crippen LogP contribution in [-0.4, -0.2) is 41.6 Å². The summed E-state index contributed by atoms with van der Waals surface area (Å²) < 4.78 is 17.4. The SMILES string of the molecule is CCOc1ccc(OCCNC(=O)CSc2nnc(-c3ccccc3Br)o2)cc1. The zero-order valence-corrected chi connectivity index (χ0v) is 18.2. The van der Waals surface area contributed by atoms with Gasteiger partial charge < -0.3 is 19.2 Å². The van der Waals surface area contributed by atoms with Gasteiger partial charge in [-0.15, -0.1) is 10.2 Å². The van der Waals surface area contributed by atoms with Gasteiger partial charge in [-0.1, -0.05) is 23.9 Å². The molecule has 3 aromatic rings. The molecule has 0 unspecified atom stereocenters. The number of hydrogen-bond acceptors (Lipinski definition) is 7. The molecule has 1 N–H and O–H groups in total. The van der Waals surface area contributed by atoms with Gasteiger partial charge in [0.1, 0.15) is 18.1 Å². The number of halogens is 1. The normalized spacial score (nSPS) is 10.6. The molecule has 0 saturated heterocycles. The Balaban J connectivity index is 1.37. The van der Waals surface area contributed by atoms with Crippen LogP contribution in [0.15, 0.2) is 62.6 Å². The highest BCUT2D eigenvalue weighted by atomic mass is 79.9. The van der Waals surface area contributed by atoms with Gasteiger partial charge in [-0.3, -0.25) is 4.79 Å².